The van der Waals surface area contributed by atoms with Gasteiger partial charge in [0.05, 0.1) is 17.5 Å². The van der Waals surface area contributed by atoms with Gasteiger partial charge in [-0.25, -0.2) is 13.4 Å². The molecule has 1 aromatic carbocycles. The fourth-order valence-electron chi connectivity index (χ4n) is 2.72. The molecule has 9 heteroatoms. The highest BCUT2D eigenvalue weighted by Gasteiger charge is 2.26. The van der Waals surface area contributed by atoms with Crippen molar-refractivity contribution in [1.82, 2.24) is 16.1 Å². The van der Waals surface area contributed by atoms with E-state index in [4.69, 9.17) is 9.57 Å². The van der Waals surface area contributed by atoms with E-state index in [1.165, 1.54) is 6.26 Å². The molecule has 0 aromatic heterocycles. The van der Waals surface area contributed by atoms with Crippen LogP contribution in [-0.4, -0.2) is 53.1 Å². The topological polar surface area (TPSA) is 101 Å². The van der Waals surface area contributed by atoms with E-state index < -0.39 is 16.1 Å². The van der Waals surface area contributed by atoms with Crippen LogP contribution in [0.3, 0.4) is 0 Å². The van der Waals surface area contributed by atoms with Crippen molar-refractivity contribution in [3.8, 4) is 0 Å². The van der Waals surface area contributed by atoms with E-state index in [9.17, 15) is 8.42 Å². The lowest BCUT2D eigenvalue weighted by atomic mass is 10.0. The van der Waals surface area contributed by atoms with Crippen LogP contribution < -0.4 is 16.1 Å². The van der Waals surface area contributed by atoms with E-state index >= 15 is 0 Å². The van der Waals surface area contributed by atoms with Gasteiger partial charge in [-0.1, -0.05) is 12.1 Å². The first-order valence-electron chi connectivity index (χ1n) is 8.01. The minimum atomic E-state index is -3.22. The highest BCUT2D eigenvalue weighted by atomic mass is 32.2. The van der Waals surface area contributed by atoms with Crippen molar-refractivity contribution in [2.45, 2.75) is 29.6 Å². The van der Waals surface area contributed by atoms with Crippen LogP contribution in [0, 0.1) is 0 Å². The van der Waals surface area contributed by atoms with Crippen molar-refractivity contribution >= 4 is 15.7 Å². The molecular weight excluding hydrogens is 344 g/mol. The van der Waals surface area contributed by atoms with E-state index in [2.05, 4.69) is 27.0 Å². The van der Waals surface area contributed by atoms with Crippen LogP contribution >= 0.6 is 0 Å². The second-order valence-corrected chi connectivity index (χ2v) is 8.05. The van der Waals surface area contributed by atoms with Crippen molar-refractivity contribution in [2.24, 2.45) is 4.99 Å². The molecule has 3 atom stereocenters. The van der Waals surface area contributed by atoms with Gasteiger partial charge >= 0.3 is 0 Å². The number of methoxy groups -OCH3 is 1. The summed E-state index contributed by atoms with van der Waals surface area (Å²) in [4.78, 5) is 9.71. The van der Waals surface area contributed by atoms with Gasteiger partial charge in [0, 0.05) is 25.8 Å². The van der Waals surface area contributed by atoms with Crippen molar-refractivity contribution in [3.63, 3.8) is 0 Å². The summed E-state index contributed by atoms with van der Waals surface area (Å²) in [6.45, 7) is 1.39. The molecule has 0 bridgehead atoms. The van der Waals surface area contributed by atoms with Gasteiger partial charge in [-0.15, -0.1) is 0 Å². The number of sulfone groups is 1. The van der Waals surface area contributed by atoms with Crippen LogP contribution in [0.25, 0.3) is 0 Å². The lowest BCUT2D eigenvalue weighted by molar-refractivity contribution is 0.0754. The second kappa shape index (κ2) is 7.55. The van der Waals surface area contributed by atoms with Crippen molar-refractivity contribution in [2.75, 3.05) is 26.5 Å². The molecule has 3 rings (SSSR count). The number of hydrogen-bond donors (Lipinski definition) is 3. The van der Waals surface area contributed by atoms with Crippen LogP contribution in [0.1, 0.15) is 18.0 Å². The molecule has 8 nitrogen and oxygen atoms in total. The minimum absolute atomic E-state index is 0.240. The van der Waals surface area contributed by atoms with E-state index in [1.807, 2.05) is 0 Å². The highest BCUT2D eigenvalue weighted by molar-refractivity contribution is 7.90. The van der Waals surface area contributed by atoms with Gasteiger partial charge in [0.25, 0.3) is 0 Å². The number of aliphatic imine (C=N–C) groups is 1. The number of benzene rings is 1. The van der Waals surface area contributed by atoms with Crippen LogP contribution in [-0.2, 0) is 19.4 Å². The molecule has 0 spiro atoms. The fraction of sp³-hybridized carbons (Fsp3) is 0.500. The number of hydroxylamine groups is 1. The standard InChI is InChI=1S/C16H22N4O4S/c1-23-16-15(11-3-5-13(6-4-11)25(2,21)22)19-14(10-18-16)17-9-12-7-8-24-20-12/h3-6,12,15-17,19-20H,7-9H2,1-2H3. The molecule has 0 amide bonds. The molecule has 0 aliphatic carbocycles. The fourth-order valence-corrected chi connectivity index (χ4v) is 3.35. The Balaban J connectivity index is 1.71. The molecule has 3 unspecified atom stereocenters. The summed E-state index contributed by atoms with van der Waals surface area (Å²) < 4.78 is 28.6. The molecule has 3 N–H and O–H groups in total. The predicted octanol–water partition coefficient (Wildman–Crippen LogP) is 0.101. The Morgan fingerprint density at radius 1 is 1.40 bits per heavy atom. The average molecular weight is 366 g/mol. The van der Waals surface area contributed by atoms with E-state index in [1.54, 1.807) is 31.4 Å². The Labute approximate surface area is 147 Å². The van der Waals surface area contributed by atoms with Gasteiger partial charge in [0.1, 0.15) is 6.04 Å². The van der Waals surface area contributed by atoms with Gasteiger partial charge in [-0.2, -0.15) is 5.48 Å². The predicted molar refractivity (Wildman–Crippen MR) is 92.7 cm³/mol. The third kappa shape index (κ3) is 4.39. The zero-order chi connectivity index (χ0) is 17.9. The van der Waals surface area contributed by atoms with Gasteiger partial charge < -0.3 is 20.2 Å². The number of nitrogens with zero attached hydrogens (tertiary/aromatic N) is 1. The molecule has 2 heterocycles. The quantitative estimate of drug-likeness (QED) is 0.656. The molecule has 2 aliphatic heterocycles. The van der Waals surface area contributed by atoms with E-state index in [-0.39, 0.29) is 17.0 Å². The molecule has 1 fully saturated rings. The number of ether oxygens (including phenoxy) is 1. The van der Waals surface area contributed by atoms with E-state index in [0.29, 0.717) is 19.0 Å². The van der Waals surface area contributed by atoms with Crippen molar-refractivity contribution in [1.29, 1.82) is 0 Å². The summed E-state index contributed by atoms with van der Waals surface area (Å²) in [5.41, 5.74) is 3.82. The maximum atomic E-state index is 11.6. The first-order valence-corrected chi connectivity index (χ1v) is 9.90. The van der Waals surface area contributed by atoms with Gasteiger partial charge in [0.2, 0.25) is 0 Å². The molecule has 0 radical (unpaired) electrons. The van der Waals surface area contributed by atoms with Crippen molar-refractivity contribution < 1.29 is 18.0 Å². The Morgan fingerprint density at radius 2 is 2.16 bits per heavy atom. The van der Waals surface area contributed by atoms with Crippen LogP contribution in [0.4, 0.5) is 0 Å². The maximum absolute atomic E-state index is 11.6. The van der Waals surface area contributed by atoms with Gasteiger partial charge in [0.15, 0.2) is 21.9 Å². The monoisotopic (exact) mass is 366 g/mol. The molecular formula is C16H22N4O4S. The second-order valence-electron chi connectivity index (χ2n) is 6.04. The summed E-state index contributed by atoms with van der Waals surface area (Å²) in [6.07, 6.45) is 1.69. The largest absolute Gasteiger partial charge is 0.362 e. The summed E-state index contributed by atoms with van der Waals surface area (Å²) in [5, 5.41) is 6.56. The summed E-state index contributed by atoms with van der Waals surface area (Å²) in [7, 11) is -1.65. The van der Waals surface area contributed by atoms with E-state index in [0.717, 1.165) is 12.0 Å². The summed E-state index contributed by atoms with van der Waals surface area (Å²) in [5.74, 6) is 3.58. The minimum Gasteiger partial charge on any atom is -0.362 e. The average Bonchev–Trinajstić information content (AvgIpc) is 3.12. The first kappa shape index (κ1) is 17.9. The smallest absolute Gasteiger partial charge is 0.181 e. The summed E-state index contributed by atoms with van der Waals surface area (Å²) in [6, 6.07) is 6.72. The lowest BCUT2D eigenvalue weighted by Crippen LogP contribution is -2.42. The SMILES string of the molecule is COC1N=C=C(NCC2CCON2)NC1c1ccc(S(C)(=O)=O)cc1. The zero-order valence-electron chi connectivity index (χ0n) is 14.2. The molecule has 2 aliphatic rings. The number of hydrogen-bond acceptors (Lipinski definition) is 8. The summed E-state index contributed by atoms with van der Waals surface area (Å²) >= 11 is 0. The molecule has 25 heavy (non-hydrogen) atoms. The zero-order valence-corrected chi connectivity index (χ0v) is 15.0. The third-order valence-electron chi connectivity index (χ3n) is 4.14. The number of rotatable bonds is 6. The Hall–Kier alpha value is -1.90. The first-order chi connectivity index (χ1) is 12.0. The Kier molecular flexibility index (Phi) is 5.41. The highest BCUT2D eigenvalue weighted by Crippen LogP contribution is 2.24. The Morgan fingerprint density at radius 3 is 2.76 bits per heavy atom. The van der Waals surface area contributed by atoms with Crippen molar-refractivity contribution in [3.05, 3.63) is 35.6 Å². The maximum Gasteiger partial charge on any atom is 0.181 e. The molecule has 1 aromatic rings. The van der Waals surface area contributed by atoms with Gasteiger partial charge in [-0.3, -0.25) is 0 Å². The number of nitrogens with one attached hydrogen (secondary N) is 3. The Bertz CT molecular complexity index is 766. The molecule has 0 saturated carbocycles. The molecule has 136 valence electrons. The van der Waals surface area contributed by atoms with Crippen LogP contribution in [0.2, 0.25) is 0 Å². The van der Waals surface area contributed by atoms with Crippen LogP contribution in [0.15, 0.2) is 40.0 Å². The normalized spacial score (nSPS) is 26.2. The third-order valence-corrected chi connectivity index (χ3v) is 5.27. The van der Waals surface area contributed by atoms with Gasteiger partial charge in [-0.05, 0) is 24.1 Å². The lowest BCUT2D eigenvalue weighted by Gasteiger charge is -2.28. The van der Waals surface area contributed by atoms with Crippen LogP contribution in [0.5, 0.6) is 0 Å². The molecule has 1 saturated heterocycles.